The van der Waals surface area contributed by atoms with Crippen LogP contribution >= 0.6 is 11.6 Å². The van der Waals surface area contributed by atoms with E-state index < -0.39 is 0 Å². The van der Waals surface area contributed by atoms with Gasteiger partial charge < -0.3 is 10.6 Å². The third kappa shape index (κ3) is 6.85. The number of nitrogens with one attached hydrogen (secondary N) is 2. The normalized spacial score (nSPS) is 10.7. The van der Waals surface area contributed by atoms with Gasteiger partial charge in [0.2, 0.25) is 0 Å². The molecular weight excluding hydrogens is 284 g/mol. The van der Waals surface area contributed by atoms with Crippen LogP contribution in [-0.4, -0.2) is 19.5 Å². The largest absolute Gasteiger partial charge is 0.387 e. The minimum Gasteiger partial charge on any atom is -0.387 e. The van der Waals surface area contributed by atoms with E-state index in [1.807, 2.05) is 6.07 Å². The van der Waals surface area contributed by atoms with Crippen molar-refractivity contribution in [3.63, 3.8) is 0 Å². The van der Waals surface area contributed by atoms with Crippen LogP contribution in [-0.2, 0) is 0 Å². The Morgan fingerprint density at radius 3 is 2.57 bits per heavy atom. The number of carbonyl (C=O) groups excluding carboxylic acids is 1. The molecule has 0 aliphatic heterocycles. The Balaban J connectivity index is 2.29. The highest BCUT2D eigenvalue weighted by Crippen LogP contribution is 2.20. The molecule has 0 saturated carbocycles. The highest BCUT2D eigenvalue weighted by molar-refractivity contribution is 6.31. The van der Waals surface area contributed by atoms with Crippen molar-refractivity contribution >= 4 is 23.2 Å². The first-order valence-electron chi connectivity index (χ1n) is 7.80. The summed E-state index contributed by atoms with van der Waals surface area (Å²) in [5, 5.41) is 6.55. The average molecular weight is 311 g/mol. The van der Waals surface area contributed by atoms with E-state index in [-0.39, 0.29) is 5.91 Å². The Bertz CT molecular complexity index is 446. The summed E-state index contributed by atoms with van der Waals surface area (Å²) in [5.74, 6) is 0.719. The standard InChI is InChI=1S/C17H27ClN2O/c1-13(2)8-6-4-5-7-11-20-17(21)15-12-14(18)9-10-16(15)19-3/h9-10,12-13,19H,4-8,11H2,1-3H3,(H,20,21). The van der Waals surface area contributed by atoms with Crippen molar-refractivity contribution in [3.8, 4) is 0 Å². The maximum atomic E-state index is 12.1. The second-order valence-electron chi connectivity index (χ2n) is 5.79. The molecule has 21 heavy (non-hydrogen) atoms. The zero-order valence-electron chi connectivity index (χ0n) is 13.3. The zero-order chi connectivity index (χ0) is 15.7. The van der Waals surface area contributed by atoms with Crippen LogP contribution < -0.4 is 10.6 Å². The molecule has 2 N–H and O–H groups in total. The number of rotatable bonds is 9. The molecule has 1 aromatic carbocycles. The van der Waals surface area contributed by atoms with Crippen LogP contribution in [0.3, 0.4) is 0 Å². The Hall–Kier alpha value is -1.22. The van der Waals surface area contributed by atoms with Crippen molar-refractivity contribution in [2.24, 2.45) is 5.92 Å². The number of hydrogen-bond acceptors (Lipinski definition) is 2. The molecule has 0 unspecified atom stereocenters. The molecule has 4 heteroatoms. The lowest BCUT2D eigenvalue weighted by Gasteiger charge is -2.10. The zero-order valence-corrected chi connectivity index (χ0v) is 14.1. The lowest BCUT2D eigenvalue weighted by molar-refractivity contribution is 0.0953. The summed E-state index contributed by atoms with van der Waals surface area (Å²) in [6, 6.07) is 5.30. The number of anilines is 1. The van der Waals surface area contributed by atoms with Crippen LogP contribution in [0, 0.1) is 5.92 Å². The minimum atomic E-state index is -0.0657. The van der Waals surface area contributed by atoms with E-state index in [2.05, 4.69) is 24.5 Å². The van der Waals surface area contributed by atoms with Gasteiger partial charge in [-0.25, -0.2) is 0 Å². The van der Waals surface area contributed by atoms with E-state index in [1.165, 1.54) is 25.7 Å². The lowest BCUT2D eigenvalue weighted by Crippen LogP contribution is -2.25. The van der Waals surface area contributed by atoms with Gasteiger partial charge in [-0.15, -0.1) is 0 Å². The topological polar surface area (TPSA) is 41.1 Å². The van der Waals surface area contributed by atoms with E-state index in [9.17, 15) is 4.79 Å². The molecule has 3 nitrogen and oxygen atoms in total. The van der Waals surface area contributed by atoms with Crippen LogP contribution in [0.4, 0.5) is 5.69 Å². The highest BCUT2D eigenvalue weighted by Gasteiger charge is 2.10. The molecule has 0 atom stereocenters. The summed E-state index contributed by atoms with van der Waals surface area (Å²) in [6.45, 7) is 5.23. The molecule has 0 radical (unpaired) electrons. The van der Waals surface area contributed by atoms with Gasteiger partial charge in [0.05, 0.1) is 5.56 Å². The van der Waals surface area contributed by atoms with Gasteiger partial charge in [-0.05, 0) is 30.5 Å². The molecule has 0 fully saturated rings. The summed E-state index contributed by atoms with van der Waals surface area (Å²) < 4.78 is 0. The van der Waals surface area contributed by atoms with Gasteiger partial charge in [-0.3, -0.25) is 4.79 Å². The lowest BCUT2D eigenvalue weighted by atomic mass is 10.0. The Morgan fingerprint density at radius 1 is 1.19 bits per heavy atom. The monoisotopic (exact) mass is 310 g/mol. The van der Waals surface area contributed by atoms with E-state index >= 15 is 0 Å². The number of halogens is 1. The van der Waals surface area contributed by atoms with E-state index in [0.717, 1.165) is 24.6 Å². The molecule has 118 valence electrons. The van der Waals surface area contributed by atoms with E-state index in [1.54, 1.807) is 19.2 Å². The summed E-state index contributed by atoms with van der Waals surface area (Å²) in [7, 11) is 1.80. The smallest absolute Gasteiger partial charge is 0.253 e. The van der Waals surface area contributed by atoms with Crippen LogP contribution in [0.15, 0.2) is 18.2 Å². The van der Waals surface area contributed by atoms with E-state index in [4.69, 9.17) is 11.6 Å². The number of amides is 1. The molecule has 0 spiro atoms. The first-order valence-corrected chi connectivity index (χ1v) is 8.18. The van der Waals surface area contributed by atoms with E-state index in [0.29, 0.717) is 10.6 Å². The molecule has 1 amide bonds. The molecule has 0 heterocycles. The number of hydrogen-bond donors (Lipinski definition) is 2. The highest BCUT2D eigenvalue weighted by atomic mass is 35.5. The fraction of sp³-hybridized carbons (Fsp3) is 0.588. The van der Waals surface area contributed by atoms with Gasteiger partial charge in [0.25, 0.3) is 5.91 Å². The Morgan fingerprint density at radius 2 is 1.90 bits per heavy atom. The quantitative estimate of drug-likeness (QED) is 0.648. The van der Waals surface area contributed by atoms with Crippen molar-refractivity contribution in [3.05, 3.63) is 28.8 Å². The van der Waals surface area contributed by atoms with Crippen LogP contribution in [0.5, 0.6) is 0 Å². The maximum Gasteiger partial charge on any atom is 0.253 e. The second-order valence-corrected chi connectivity index (χ2v) is 6.23. The van der Waals surface area contributed by atoms with Gasteiger partial charge >= 0.3 is 0 Å². The number of benzene rings is 1. The van der Waals surface area contributed by atoms with Gasteiger partial charge in [-0.2, -0.15) is 0 Å². The van der Waals surface area contributed by atoms with Crippen LogP contribution in [0.1, 0.15) is 56.3 Å². The third-order valence-electron chi connectivity index (χ3n) is 3.49. The van der Waals surface area contributed by atoms with Gasteiger partial charge in [0.15, 0.2) is 0 Å². The third-order valence-corrected chi connectivity index (χ3v) is 3.72. The van der Waals surface area contributed by atoms with Crippen LogP contribution in [0.2, 0.25) is 5.02 Å². The molecule has 1 rings (SSSR count). The molecular formula is C17H27ClN2O. The predicted molar refractivity (Wildman–Crippen MR) is 91.3 cm³/mol. The van der Waals surface area contributed by atoms with Crippen molar-refractivity contribution < 1.29 is 4.79 Å². The summed E-state index contributed by atoms with van der Waals surface area (Å²) in [4.78, 5) is 12.1. The Kier molecular flexibility index (Phi) is 8.21. The fourth-order valence-electron chi connectivity index (χ4n) is 2.25. The van der Waals surface area contributed by atoms with Crippen molar-refractivity contribution in [2.45, 2.75) is 46.0 Å². The number of unbranched alkanes of at least 4 members (excludes halogenated alkanes) is 3. The molecule has 0 aliphatic carbocycles. The molecule has 0 saturated heterocycles. The summed E-state index contributed by atoms with van der Waals surface area (Å²) in [5.41, 5.74) is 1.40. The maximum absolute atomic E-state index is 12.1. The first kappa shape index (κ1) is 17.8. The van der Waals surface area contributed by atoms with Gasteiger partial charge in [0.1, 0.15) is 0 Å². The van der Waals surface area contributed by atoms with Crippen LogP contribution in [0.25, 0.3) is 0 Å². The summed E-state index contributed by atoms with van der Waals surface area (Å²) in [6.07, 6.45) is 6.01. The second kappa shape index (κ2) is 9.67. The number of carbonyl (C=O) groups is 1. The first-order chi connectivity index (χ1) is 10.0. The van der Waals surface area contributed by atoms with Gasteiger partial charge in [0, 0.05) is 24.3 Å². The van der Waals surface area contributed by atoms with Crippen molar-refractivity contribution in [2.75, 3.05) is 18.9 Å². The fourth-order valence-corrected chi connectivity index (χ4v) is 2.42. The molecule has 1 aromatic rings. The average Bonchev–Trinajstić information content (AvgIpc) is 2.45. The Labute approximate surface area is 133 Å². The molecule has 0 aromatic heterocycles. The molecule has 0 aliphatic rings. The van der Waals surface area contributed by atoms with Gasteiger partial charge in [-0.1, -0.05) is 51.1 Å². The van der Waals surface area contributed by atoms with Crippen molar-refractivity contribution in [1.82, 2.24) is 5.32 Å². The predicted octanol–water partition coefficient (Wildman–Crippen LogP) is 4.72. The summed E-state index contributed by atoms with van der Waals surface area (Å²) >= 11 is 5.95. The minimum absolute atomic E-state index is 0.0657. The molecule has 0 bridgehead atoms. The SMILES string of the molecule is CNc1ccc(Cl)cc1C(=O)NCCCCCCC(C)C. The van der Waals surface area contributed by atoms with Crippen molar-refractivity contribution in [1.29, 1.82) is 0 Å².